The lowest BCUT2D eigenvalue weighted by Gasteiger charge is -2.69. The van der Waals surface area contributed by atoms with Gasteiger partial charge in [0, 0.05) is 11.8 Å². The van der Waals surface area contributed by atoms with Gasteiger partial charge in [0.2, 0.25) is 0 Å². The maximum absolute atomic E-state index is 12.9. The maximum atomic E-state index is 12.9. The smallest absolute Gasteiger partial charge is 0.138 e. The zero-order valence-electron chi connectivity index (χ0n) is 23.0. The molecule has 5 aliphatic rings. The second kappa shape index (κ2) is 7.32. The SMILES string of the molecule is CC(C)(O)C1CC[C@@](C)(C2CC[C@]3(C)C2C(O)CC2[C@@]4(C)CCC(=O)C(C)(C)C4CC[C@]23C)O1. The molecule has 0 aromatic rings. The van der Waals surface area contributed by atoms with E-state index in [1.54, 1.807) is 0 Å². The fourth-order valence-corrected chi connectivity index (χ4v) is 10.9. The van der Waals surface area contributed by atoms with Gasteiger partial charge in [-0.05, 0) is 112 Å². The van der Waals surface area contributed by atoms with Crippen molar-refractivity contribution in [3.05, 3.63) is 0 Å². The third kappa shape index (κ3) is 3.09. The van der Waals surface area contributed by atoms with E-state index >= 15 is 0 Å². The van der Waals surface area contributed by atoms with E-state index in [0.29, 0.717) is 30.0 Å². The number of ether oxygens (including phenoxy) is 1. The minimum atomic E-state index is -0.833. The Morgan fingerprint density at radius 2 is 1.53 bits per heavy atom. The highest BCUT2D eigenvalue weighted by Gasteiger charge is 2.71. The van der Waals surface area contributed by atoms with Crippen LogP contribution in [0.1, 0.15) is 113 Å². The summed E-state index contributed by atoms with van der Waals surface area (Å²) in [6, 6.07) is 0. The maximum Gasteiger partial charge on any atom is 0.138 e. The molecule has 0 spiro atoms. The second-order valence-corrected chi connectivity index (χ2v) is 15.2. The Morgan fingerprint density at radius 3 is 2.15 bits per heavy atom. The number of ketones is 1. The molecule has 6 unspecified atom stereocenters. The summed E-state index contributed by atoms with van der Waals surface area (Å²) in [6.07, 6.45) is 8.43. The van der Waals surface area contributed by atoms with Crippen LogP contribution in [0.4, 0.5) is 0 Å². The lowest BCUT2D eigenvalue weighted by Crippen LogP contribution is -2.66. The van der Waals surface area contributed by atoms with E-state index in [0.717, 1.165) is 51.4 Å². The highest BCUT2D eigenvalue weighted by atomic mass is 16.5. The number of carbonyl (C=O) groups excluding carboxylic acids is 1. The van der Waals surface area contributed by atoms with Gasteiger partial charge in [0.25, 0.3) is 0 Å². The fraction of sp³-hybridized carbons (Fsp3) is 0.967. The first-order valence-electron chi connectivity index (χ1n) is 14.1. The number of carbonyl (C=O) groups is 1. The summed E-state index contributed by atoms with van der Waals surface area (Å²) >= 11 is 0. The van der Waals surface area contributed by atoms with E-state index in [-0.39, 0.29) is 45.4 Å². The quantitative estimate of drug-likeness (QED) is 0.521. The normalized spacial score (nSPS) is 54.9. The zero-order valence-corrected chi connectivity index (χ0v) is 23.0. The van der Waals surface area contributed by atoms with Gasteiger partial charge < -0.3 is 14.9 Å². The lowest BCUT2D eigenvalue weighted by molar-refractivity contribution is -0.235. The van der Waals surface area contributed by atoms with Crippen molar-refractivity contribution in [1.82, 2.24) is 0 Å². The predicted octanol–water partition coefficient (Wildman–Crippen LogP) is 5.92. The molecule has 0 amide bonds. The number of Topliss-reactive ketones (excluding diaryl/α,β-unsaturated/α-hetero) is 1. The van der Waals surface area contributed by atoms with Crippen molar-refractivity contribution in [2.24, 2.45) is 45.3 Å². The summed E-state index contributed by atoms with van der Waals surface area (Å²) in [6.45, 7) is 17.8. The number of aliphatic hydroxyl groups excluding tert-OH is 1. The lowest BCUT2D eigenvalue weighted by atomic mass is 9.35. The van der Waals surface area contributed by atoms with Crippen LogP contribution in [0.5, 0.6) is 0 Å². The van der Waals surface area contributed by atoms with Gasteiger partial charge in [0.1, 0.15) is 5.78 Å². The van der Waals surface area contributed by atoms with Crippen LogP contribution in [0.2, 0.25) is 0 Å². The summed E-state index contributed by atoms with van der Waals surface area (Å²) in [5.41, 5.74) is -1.03. The van der Waals surface area contributed by atoms with E-state index in [4.69, 9.17) is 4.74 Å². The number of rotatable bonds is 2. The molecule has 5 fully saturated rings. The van der Waals surface area contributed by atoms with Crippen molar-refractivity contribution >= 4 is 5.78 Å². The van der Waals surface area contributed by atoms with E-state index in [1.165, 1.54) is 0 Å². The Hall–Kier alpha value is -0.450. The molecule has 2 N–H and O–H groups in total. The van der Waals surface area contributed by atoms with Crippen molar-refractivity contribution in [3.63, 3.8) is 0 Å². The van der Waals surface area contributed by atoms with Crippen molar-refractivity contribution in [1.29, 1.82) is 0 Å². The van der Waals surface area contributed by atoms with Crippen LogP contribution in [-0.2, 0) is 9.53 Å². The van der Waals surface area contributed by atoms with Crippen molar-refractivity contribution in [2.45, 2.75) is 137 Å². The summed E-state index contributed by atoms with van der Waals surface area (Å²) in [5, 5.41) is 22.5. The minimum absolute atomic E-state index is 0.0682. The Labute approximate surface area is 207 Å². The van der Waals surface area contributed by atoms with Gasteiger partial charge >= 0.3 is 0 Å². The number of fused-ring (bicyclic) bond motifs is 5. The molecule has 194 valence electrons. The van der Waals surface area contributed by atoms with E-state index < -0.39 is 5.60 Å². The molecule has 4 heteroatoms. The Bertz CT molecular complexity index is 858. The van der Waals surface area contributed by atoms with Crippen LogP contribution in [0.25, 0.3) is 0 Å². The molecule has 0 aromatic carbocycles. The molecule has 0 aromatic heterocycles. The van der Waals surface area contributed by atoms with Crippen LogP contribution in [0.15, 0.2) is 0 Å². The summed E-state index contributed by atoms with van der Waals surface area (Å²) in [7, 11) is 0. The van der Waals surface area contributed by atoms with Crippen LogP contribution in [0, 0.1) is 45.3 Å². The molecule has 1 aliphatic heterocycles. The van der Waals surface area contributed by atoms with E-state index in [2.05, 4.69) is 41.5 Å². The standard InChI is InChI=1S/C30H50O4/c1-25(2)20-10-15-28(6)21(27(20,5)13-11-22(25)32)17-19(31)24-18(9-14-29(24,28)7)30(8)16-12-23(34-30)26(3,4)33/h18-21,23-24,31,33H,9-17H2,1-8H3/t18?,19?,20?,21?,23?,24?,27-,28+,29+,30-/m0/s1. The highest BCUT2D eigenvalue weighted by molar-refractivity contribution is 5.85. The molecule has 0 bridgehead atoms. The van der Waals surface area contributed by atoms with Gasteiger partial charge in [0.15, 0.2) is 0 Å². The van der Waals surface area contributed by atoms with Crippen LogP contribution < -0.4 is 0 Å². The average molecular weight is 475 g/mol. The van der Waals surface area contributed by atoms with Crippen molar-refractivity contribution < 1.29 is 19.7 Å². The third-order valence-corrected chi connectivity index (χ3v) is 13.0. The first-order chi connectivity index (χ1) is 15.5. The molecule has 34 heavy (non-hydrogen) atoms. The Morgan fingerprint density at radius 1 is 0.882 bits per heavy atom. The third-order valence-electron chi connectivity index (χ3n) is 13.0. The molecule has 5 rings (SSSR count). The second-order valence-electron chi connectivity index (χ2n) is 15.2. The molecular weight excluding hydrogens is 424 g/mol. The molecular formula is C30H50O4. The fourth-order valence-electron chi connectivity index (χ4n) is 10.9. The summed E-state index contributed by atoms with van der Waals surface area (Å²) in [4.78, 5) is 12.9. The minimum Gasteiger partial charge on any atom is -0.393 e. The number of aliphatic hydroxyl groups is 2. The van der Waals surface area contributed by atoms with Crippen LogP contribution in [-0.4, -0.2) is 39.4 Å². The first kappa shape index (κ1) is 25.2. The predicted molar refractivity (Wildman–Crippen MR) is 134 cm³/mol. The van der Waals surface area contributed by atoms with E-state index in [1.807, 2.05) is 13.8 Å². The monoisotopic (exact) mass is 474 g/mol. The molecule has 4 saturated carbocycles. The van der Waals surface area contributed by atoms with Crippen molar-refractivity contribution in [2.75, 3.05) is 0 Å². The molecule has 1 heterocycles. The Balaban J connectivity index is 1.49. The average Bonchev–Trinajstić information content (AvgIpc) is 3.30. The van der Waals surface area contributed by atoms with Gasteiger partial charge in [0.05, 0.1) is 23.4 Å². The van der Waals surface area contributed by atoms with Crippen LogP contribution in [0.3, 0.4) is 0 Å². The first-order valence-corrected chi connectivity index (χ1v) is 14.1. The van der Waals surface area contributed by atoms with Gasteiger partial charge in [-0.15, -0.1) is 0 Å². The van der Waals surface area contributed by atoms with Gasteiger partial charge in [-0.3, -0.25) is 4.79 Å². The van der Waals surface area contributed by atoms with Crippen LogP contribution >= 0.6 is 0 Å². The number of hydrogen-bond donors (Lipinski definition) is 2. The van der Waals surface area contributed by atoms with Gasteiger partial charge in [-0.1, -0.05) is 34.6 Å². The number of hydrogen-bond acceptors (Lipinski definition) is 4. The zero-order chi connectivity index (χ0) is 25.1. The van der Waals surface area contributed by atoms with Crippen molar-refractivity contribution in [3.8, 4) is 0 Å². The van der Waals surface area contributed by atoms with Gasteiger partial charge in [-0.25, -0.2) is 0 Å². The molecule has 1 saturated heterocycles. The summed E-state index contributed by atoms with van der Waals surface area (Å²) in [5.74, 6) is 1.85. The Kier molecular flexibility index (Phi) is 5.42. The molecule has 4 aliphatic carbocycles. The largest absolute Gasteiger partial charge is 0.393 e. The topological polar surface area (TPSA) is 66.8 Å². The molecule has 4 nitrogen and oxygen atoms in total. The molecule has 10 atom stereocenters. The summed E-state index contributed by atoms with van der Waals surface area (Å²) < 4.78 is 6.65. The molecule has 0 radical (unpaired) electrons. The van der Waals surface area contributed by atoms with E-state index in [9.17, 15) is 15.0 Å². The van der Waals surface area contributed by atoms with Gasteiger partial charge in [-0.2, -0.15) is 0 Å². The highest BCUT2D eigenvalue weighted by Crippen LogP contribution is 2.75.